The van der Waals surface area contributed by atoms with Crippen molar-refractivity contribution in [2.45, 2.75) is 6.92 Å². The summed E-state index contributed by atoms with van der Waals surface area (Å²) in [6, 6.07) is 13.3. The van der Waals surface area contributed by atoms with Gasteiger partial charge in [-0.3, -0.25) is 10.1 Å². The lowest BCUT2D eigenvalue weighted by atomic mass is 10.2. The van der Waals surface area contributed by atoms with Crippen LogP contribution in [0.1, 0.15) is 6.92 Å². The molecule has 3 heteroatoms. The van der Waals surface area contributed by atoms with E-state index in [1.807, 2.05) is 36.4 Å². The molecule has 1 aromatic carbocycles. The Hall–Kier alpha value is -2.03. The Morgan fingerprint density at radius 2 is 1.87 bits per heavy atom. The fraction of sp³-hybridized carbons (Fsp3) is 0.0833. The van der Waals surface area contributed by atoms with Gasteiger partial charge in [0.2, 0.25) is 5.91 Å². The maximum atomic E-state index is 10.8. The summed E-state index contributed by atoms with van der Waals surface area (Å²) >= 11 is 0. The number of amides is 1. The van der Waals surface area contributed by atoms with E-state index in [0.29, 0.717) is 5.88 Å². The van der Waals surface area contributed by atoms with Gasteiger partial charge < -0.3 is 4.42 Å². The third-order valence-electron chi connectivity index (χ3n) is 1.96. The number of furan rings is 1. The first-order valence-electron chi connectivity index (χ1n) is 4.68. The lowest BCUT2D eigenvalue weighted by Crippen LogP contribution is -2.04. The van der Waals surface area contributed by atoms with E-state index >= 15 is 0 Å². The van der Waals surface area contributed by atoms with Crippen molar-refractivity contribution in [2.24, 2.45) is 0 Å². The summed E-state index contributed by atoms with van der Waals surface area (Å²) in [7, 11) is 0. The van der Waals surface area contributed by atoms with Gasteiger partial charge in [-0.1, -0.05) is 30.3 Å². The highest BCUT2D eigenvalue weighted by molar-refractivity contribution is 5.87. The van der Waals surface area contributed by atoms with Crippen molar-refractivity contribution in [1.29, 1.82) is 0 Å². The van der Waals surface area contributed by atoms with Crippen molar-refractivity contribution in [3.8, 4) is 11.3 Å². The summed E-state index contributed by atoms with van der Waals surface area (Å²) < 4.78 is 5.45. The molecule has 2 aromatic rings. The largest absolute Gasteiger partial charge is 0.440 e. The van der Waals surface area contributed by atoms with Crippen LogP contribution in [0.25, 0.3) is 11.3 Å². The van der Waals surface area contributed by atoms with Gasteiger partial charge in [-0.15, -0.1) is 0 Å². The van der Waals surface area contributed by atoms with Crippen molar-refractivity contribution in [1.82, 2.24) is 0 Å². The molecule has 0 aliphatic rings. The predicted molar refractivity (Wildman–Crippen MR) is 58.4 cm³/mol. The smallest absolute Gasteiger partial charge is 0.223 e. The predicted octanol–water partition coefficient (Wildman–Crippen LogP) is 2.91. The van der Waals surface area contributed by atoms with Crippen LogP contribution in [0.5, 0.6) is 0 Å². The van der Waals surface area contributed by atoms with Crippen LogP contribution in [0, 0.1) is 0 Å². The molecule has 0 fully saturated rings. The molecule has 0 radical (unpaired) electrons. The monoisotopic (exact) mass is 201 g/mol. The molecule has 0 atom stereocenters. The van der Waals surface area contributed by atoms with Crippen molar-refractivity contribution in [3.63, 3.8) is 0 Å². The van der Waals surface area contributed by atoms with E-state index in [2.05, 4.69) is 5.32 Å². The molecular formula is C12H11NO2. The summed E-state index contributed by atoms with van der Waals surface area (Å²) in [5.74, 6) is 1.09. The number of hydrogen-bond donors (Lipinski definition) is 1. The van der Waals surface area contributed by atoms with Gasteiger partial charge in [-0.05, 0) is 6.07 Å². The first kappa shape index (κ1) is 9.52. The number of hydrogen-bond acceptors (Lipinski definition) is 2. The molecule has 2 rings (SSSR count). The van der Waals surface area contributed by atoms with E-state index < -0.39 is 0 Å². The summed E-state index contributed by atoms with van der Waals surface area (Å²) in [5, 5.41) is 2.59. The Bertz CT molecular complexity index is 459. The molecule has 0 aliphatic heterocycles. The third kappa shape index (κ3) is 2.26. The molecular weight excluding hydrogens is 190 g/mol. The standard InChI is InChI=1S/C12H11NO2/c1-9(14)13-12-8-7-11(15-12)10-5-3-2-4-6-10/h2-8H,1H3,(H,13,14). The molecule has 0 saturated heterocycles. The van der Waals surface area contributed by atoms with Gasteiger partial charge in [0.15, 0.2) is 5.88 Å². The molecule has 1 aromatic heterocycles. The van der Waals surface area contributed by atoms with Gasteiger partial charge in [0, 0.05) is 18.6 Å². The molecule has 1 amide bonds. The molecule has 0 bridgehead atoms. The highest BCUT2D eigenvalue weighted by atomic mass is 16.4. The maximum absolute atomic E-state index is 10.8. The zero-order valence-electron chi connectivity index (χ0n) is 8.36. The average Bonchev–Trinajstić information content (AvgIpc) is 2.67. The maximum Gasteiger partial charge on any atom is 0.223 e. The van der Waals surface area contributed by atoms with Crippen molar-refractivity contribution in [3.05, 3.63) is 42.5 Å². The lowest BCUT2D eigenvalue weighted by Gasteiger charge is -1.97. The van der Waals surface area contributed by atoms with E-state index in [-0.39, 0.29) is 5.91 Å². The van der Waals surface area contributed by atoms with Crippen LogP contribution in [0.15, 0.2) is 46.9 Å². The van der Waals surface area contributed by atoms with Gasteiger partial charge >= 0.3 is 0 Å². The third-order valence-corrected chi connectivity index (χ3v) is 1.96. The molecule has 3 nitrogen and oxygen atoms in total. The molecule has 0 spiro atoms. The topological polar surface area (TPSA) is 42.2 Å². The number of carbonyl (C=O) groups is 1. The number of nitrogens with one attached hydrogen (secondary N) is 1. The van der Waals surface area contributed by atoms with Gasteiger partial charge in [-0.25, -0.2) is 0 Å². The molecule has 76 valence electrons. The number of anilines is 1. The van der Waals surface area contributed by atoms with Crippen LogP contribution < -0.4 is 5.32 Å². The van der Waals surface area contributed by atoms with Crippen LogP contribution in [-0.4, -0.2) is 5.91 Å². The van der Waals surface area contributed by atoms with Crippen LogP contribution >= 0.6 is 0 Å². The van der Waals surface area contributed by atoms with Crippen LogP contribution in [0.4, 0.5) is 5.88 Å². The fourth-order valence-electron chi connectivity index (χ4n) is 1.34. The number of rotatable bonds is 2. The zero-order valence-corrected chi connectivity index (χ0v) is 8.36. The van der Waals surface area contributed by atoms with E-state index in [9.17, 15) is 4.79 Å². The van der Waals surface area contributed by atoms with Gasteiger partial charge in [0.25, 0.3) is 0 Å². The highest BCUT2D eigenvalue weighted by Gasteiger charge is 2.04. The van der Waals surface area contributed by atoms with Gasteiger partial charge in [0.1, 0.15) is 5.76 Å². The Balaban J connectivity index is 2.24. The minimum Gasteiger partial charge on any atom is -0.440 e. The van der Waals surface area contributed by atoms with E-state index in [1.165, 1.54) is 6.92 Å². The van der Waals surface area contributed by atoms with Crippen LogP contribution in [-0.2, 0) is 4.79 Å². The van der Waals surface area contributed by atoms with Crippen molar-refractivity contribution in [2.75, 3.05) is 5.32 Å². The normalized spacial score (nSPS) is 9.93. The first-order chi connectivity index (χ1) is 7.25. The van der Waals surface area contributed by atoms with Crippen LogP contribution in [0.3, 0.4) is 0 Å². The van der Waals surface area contributed by atoms with E-state index in [0.717, 1.165) is 11.3 Å². The lowest BCUT2D eigenvalue weighted by molar-refractivity contribution is -0.114. The minimum absolute atomic E-state index is 0.135. The van der Waals surface area contributed by atoms with Gasteiger partial charge in [0.05, 0.1) is 0 Å². The average molecular weight is 201 g/mol. The Labute approximate surface area is 87.7 Å². The minimum atomic E-state index is -0.135. The quantitative estimate of drug-likeness (QED) is 0.811. The fourth-order valence-corrected chi connectivity index (χ4v) is 1.34. The molecule has 0 unspecified atom stereocenters. The first-order valence-corrected chi connectivity index (χ1v) is 4.68. The second kappa shape index (κ2) is 4.00. The van der Waals surface area contributed by atoms with E-state index in [4.69, 9.17) is 4.42 Å². The Kier molecular flexibility index (Phi) is 2.54. The molecule has 1 heterocycles. The SMILES string of the molecule is CC(=O)Nc1ccc(-c2ccccc2)o1. The second-order valence-electron chi connectivity index (χ2n) is 3.21. The summed E-state index contributed by atoms with van der Waals surface area (Å²) in [6.45, 7) is 1.45. The van der Waals surface area contributed by atoms with Crippen molar-refractivity contribution >= 4 is 11.8 Å². The summed E-state index contributed by atoms with van der Waals surface area (Å²) in [4.78, 5) is 10.8. The summed E-state index contributed by atoms with van der Waals surface area (Å²) in [5.41, 5.74) is 0.995. The molecule has 0 aliphatic carbocycles. The molecule has 0 saturated carbocycles. The van der Waals surface area contributed by atoms with E-state index in [1.54, 1.807) is 6.07 Å². The molecule has 15 heavy (non-hydrogen) atoms. The number of carbonyl (C=O) groups excluding carboxylic acids is 1. The molecule has 1 N–H and O–H groups in total. The Morgan fingerprint density at radius 3 is 2.53 bits per heavy atom. The number of benzene rings is 1. The van der Waals surface area contributed by atoms with Crippen LogP contribution in [0.2, 0.25) is 0 Å². The zero-order chi connectivity index (χ0) is 10.7. The van der Waals surface area contributed by atoms with Crippen molar-refractivity contribution < 1.29 is 9.21 Å². The summed E-state index contributed by atoms with van der Waals surface area (Å²) in [6.07, 6.45) is 0. The Morgan fingerprint density at radius 1 is 1.13 bits per heavy atom. The van der Waals surface area contributed by atoms with Gasteiger partial charge in [-0.2, -0.15) is 0 Å². The second-order valence-corrected chi connectivity index (χ2v) is 3.21. The highest BCUT2D eigenvalue weighted by Crippen LogP contribution is 2.24.